The average Bonchev–Trinajstić information content (AvgIpc) is 2.82. The van der Waals surface area contributed by atoms with Crippen LogP contribution < -0.4 is 20.9 Å². The van der Waals surface area contributed by atoms with Crippen LogP contribution >= 0.6 is 12.4 Å². The molecule has 8 nitrogen and oxygen atoms in total. The van der Waals surface area contributed by atoms with E-state index < -0.39 is 0 Å². The van der Waals surface area contributed by atoms with Crippen LogP contribution in [0.3, 0.4) is 0 Å². The van der Waals surface area contributed by atoms with Crippen molar-refractivity contribution in [2.45, 2.75) is 32.0 Å². The molecule has 1 amide bonds. The number of hydrogen-bond donors (Lipinski definition) is 2. The quantitative estimate of drug-likeness (QED) is 0.576. The van der Waals surface area contributed by atoms with Crippen molar-refractivity contribution in [1.82, 2.24) is 19.8 Å². The third-order valence-electron chi connectivity index (χ3n) is 6.24. The van der Waals surface area contributed by atoms with Gasteiger partial charge in [-0.1, -0.05) is 6.07 Å². The van der Waals surface area contributed by atoms with E-state index in [1.807, 2.05) is 36.4 Å². The number of rotatable bonds is 6. The topological polar surface area (TPSA) is 88.5 Å². The SMILES string of the molecule is Cl.O=C1COc2ccc(CNC3CCN(CCn4c(=O)ccc5cccnc54)CC3)cc2N1. The molecular weight excluding hydrogens is 442 g/mol. The van der Waals surface area contributed by atoms with Crippen molar-refractivity contribution in [2.24, 2.45) is 0 Å². The van der Waals surface area contributed by atoms with Crippen molar-refractivity contribution in [1.29, 1.82) is 0 Å². The van der Waals surface area contributed by atoms with Gasteiger partial charge in [0.15, 0.2) is 6.61 Å². The second-order valence-corrected chi connectivity index (χ2v) is 8.40. The summed E-state index contributed by atoms with van der Waals surface area (Å²) in [6.45, 7) is 4.32. The number of pyridine rings is 2. The van der Waals surface area contributed by atoms with Crippen molar-refractivity contribution in [3.05, 3.63) is 64.6 Å². The van der Waals surface area contributed by atoms with E-state index in [1.54, 1.807) is 16.8 Å². The minimum atomic E-state index is -0.114. The minimum absolute atomic E-state index is 0. The zero-order valence-corrected chi connectivity index (χ0v) is 19.1. The van der Waals surface area contributed by atoms with Crippen LogP contribution in [0.15, 0.2) is 53.5 Å². The number of nitrogens with zero attached hydrogens (tertiary/aromatic N) is 3. The Labute approximate surface area is 198 Å². The Hall–Kier alpha value is -2.94. The number of hydrogen-bond acceptors (Lipinski definition) is 6. The molecule has 2 aliphatic rings. The van der Waals surface area contributed by atoms with Gasteiger partial charge in [-0.25, -0.2) is 4.98 Å². The highest BCUT2D eigenvalue weighted by Gasteiger charge is 2.20. The summed E-state index contributed by atoms with van der Waals surface area (Å²) in [4.78, 5) is 30.7. The molecule has 1 fully saturated rings. The first-order chi connectivity index (χ1) is 15.7. The van der Waals surface area contributed by atoms with Crippen LogP contribution in [0.2, 0.25) is 0 Å². The Bertz CT molecular complexity index is 1190. The smallest absolute Gasteiger partial charge is 0.262 e. The predicted molar refractivity (Wildman–Crippen MR) is 130 cm³/mol. The zero-order valence-electron chi connectivity index (χ0n) is 18.3. The van der Waals surface area contributed by atoms with Crippen LogP contribution in [0.1, 0.15) is 18.4 Å². The highest BCUT2D eigenvalue weighted by molar-refractivity contribution is 5.95. The number of amides is 1. The Morgan fingerprint density at radius 2 is 1.94 bits per heavy atom. The van der Waals surface area contributed by atoms with Crippen molar-refractivity contribution < 1.29 is 9.53 Å². The lowest BCUT2D eigenvalue weighted by Crippen LogP contribution is -2.43. The fourth-order valence-electron chi connectivity index (χ4n) is 4.44. The van der Waals surface area contributed by atoms with E-state index in [9.17, 15) is 9.59 Å². The van der Waals surface area contributed by atoms with Crippen molar-refractivity contribution >= 4 is 35.0 Å². The molecule has 0 spiro atoms. The van der Waals surface area contributed by atoms with Crippen LogP contribution in [-0.4, -0.2) is 52.6 Å². The predicted octanol–water partition coefficient (Wildman–Crippen LogP) is 2.40. The van der Waals surface area contributed by atoms with Gasteiger partial charge in [-0.15, -0.1) is 12.4 Å². The molecule has 0 saturated carbocycles. The van der Waals surface area contributed by atoms with E-state index in [-0.39, 0.29) is 30.5 Å². The van der Waals surface area contributed by atoms with E-state index >= 15 is 0 Å². The Morgan fingerprint density at radius 1 is 1.09 bits per heavy atom. The monoisotopic (exact) mass is 469 g/mol. The zero-order chi connectivity index (χ0) is 21.9. The van der Waals surface area contributed by atoms with E-state index in [0.717, 1.165) is 67.1 Å². The summed E-state index contributed by atoms with van der Waals surface area (Å²) in [6, 6.07) is 13.7. The first-order valence-electron chi connectivity index (χ1n) is 11.1. The molecule has 2 N–H and O–H groups in total. The van der Waals surface area contributed by atoms with Crippen molar-refractivity contribution in [3.8, 4) is 5.75 Å². The van der Waals surface area contributed by atoms with Gasteiger partial charge in [-0.2, -0.15) is 0 Å². The largest absolute Gasteiger partial charge is 0.482 e. The third kappa shape index (κ3) is 5.35. The maximum absolute atomic E-state index is 12.3. The molecule has 0 bridgehead atoms. The van der Waals surface area contributed by atoms with E-state index in [0.29, 0.717) is 12.6 Å². The molecule has 33 heavy (non-hydrogen) atoms. The number of ether oxygens (including phenoxy) is 1. The number of benzene rings is 1. The van der Waals surface area contributed by atoms with Gasteiger partial charge in [0.25, 0.3) is 11.5 Å². The molecule has 0 unspecified atom stereocenters. The second-order valence-electron chi connectivity index (χ2n) is 8.40. The Balaban J connectivity index is 0.00000259. The number of nitrogens with one attached hydrogen (secondary N) is 2. The number of halogens is 1. The average molecular weight is 470 g/mol. The van der Waals surface area contributed by atoms with Crippen molar-refractivity contribution in [2.75, 3.05) is 31.6 Å². The number of carbonyl (C=O) groups excluding carboxylic acids is 1. The number of likely N-dealkylation sites (tertiary alicyclic amines) is 1. The van der Waals surface area contributed by atoms with Crippen LogP contribution in [0.25, 0.3) is 11.0 Å². The van der Waals surface area contributed by atoms with Crippen LogP contribution in [0, 0.1) is 0 Å². The maximum atomic E-state index is 12.3. The maximum Gasteiger partial charge on any atom is 0.262 e. The lowest BCUT2D eigenvalue weighted by Gasteiger charge is -2.32. The number of piperidine rings is 1. The first-order valence-corrected chi connectivity index (χ1v) is 11.1. The summed E-state index contributed by atoms with van der Waals surface area (Å²) >= 11 is 0. The van der Waals surface area contributed by atoms with Gasteiger partial charge in [0.2, 0.25) is 0 Å². The van der Waals surface area contributed by atoms with E-state index in [2.05, 4.69) is 20.5 Å². The molecular formula is C24H28ClN5O3. The normalized spacial score (nSPS) is 16.5. The van der Waals surface area contributed by atoms with Crippen LogP contribution in [-0.2, 0) is 17.9 Å². The summed E-state index contributed by atoms with van der Waals surface area (Å²) in [7, 11) is 0. The summed E-state index contributed by atoms with van der Waals surface area (Å²) in [5, 5.41) is 7.49. The van der Waals surface area contributed by atoms with E-state index in [1.165, 1.54) is 0 Å². The molecule has 5 rings (SSSR count). The van der Waals surface area contributed by atoms with Gasteiger partial charge in [0.1, 0.15) is 11.4 Å². The second kappa shape index (κ2) is 10.3. The Kier molecular flexibility index (Phi) is 7.27. The number of fused-ring (bicyclic) bond motifs is 2. The highest BCUT2D eigenvalue weighted by atomic mass is 35.5. The summed E-state index contributed by atoms with van der Waals surface area (Å²) < 4.78 is 7.20. The molecule has 2 aromatic heterocycles. The van der Waals surface area contributed by atoms with Gasteiger partial charge in [-0.3, -0.25) is 14.2 Å². The van der Waals surface area contributed by atoms with Gasteiger partial charge in [0, 0.05) is 43.3 Å². The first kappa shape index (κ1) is 23.2. The van der Waals surface area contributed by atoms with Gasteiger partial charge in [0.05, 0.1) is 5.69 Å². The number of carbonyl (C=O) groups is 1. The number of aromatic nitrogens is 2. The highest BCUT2D eigenvalue weighted by Crippen LogP contribution is 2.28. The molecule has 4 heterocycles. The molecule has 174 valence electrons. The summed E-state index contributed by atoms with van der Waals surface area (Å²) in [6.07, 6.45) is 3.86. The minimum Gasteiger partial charge on any atom is -0.482 e. The van der Waals surface area contributed by atoms with Crippen LogP contribution in [0.5, 0.6) is 5.75 Å². The van der Waals surface area contributed by atoms with Gasteiger partial charge in [-0.05, 0) is 61.8 Å². The molecule has 0 aliphatic carbocycles. The molecule has 1 saturated heterocycles. The van der Waals surface area contributed by atoms with Gasteiger partial charge >= 0.3 is 0 Å². The van der Waals surface area contributed by atoms with Crippen molar-refractivity contribution in [3.63, 3.8) is 0 Å². The fourth-order valence-corrected chi connectivity index (χ4v) is 4.44. The third-order valence-corrected chi connectivity index (χ3v) is 6.24. The van der Waals surface area contributed by atoms with Crippen LogP contribution in [0.4, 0.5) is 5.69 Å². The molecule has 0 atom stereocenters. The number of anilines is 1. The fraction of sp³-hybridized carbons (Fsp3) is 0.375. The lowest BCUT2D eigenvalue weighted by atomic mass is 10.0. The molecule has 0 radical (unpaired) electrons. The molecule has 1 aromatic carbocycles. The van der Waals surface area contributed by atoms with E-state index in [4.69, 9.17) is 4.74 Å². The Morgan fingerprint density at radius 3 is 2.79 bits per heavy atom. The summed E-state index contributed by atoms with van der Waals surface area (Å²) in [5.74, 6) is 0.610. The molecule has 9 heteroatoms. The molecule has 2 aliphatic heterocycles. The van der Waals surface area contributed by atoms with Gasteiger partial charge < -0.3 is 20.3 Å². The standard InChI is InChI=1S/C24H27N5O3.ClH/c30-22-16-32-21-5-3-17(14-20(21)27-22)15-26-19-7-10-28(11-8-19)12-13-29-23(31)6-4-18-2-1-9-25-24(18)29;/h1-6,9,14,19,26H,7-8,10-13,15-16H2,(H,27,30);1H. The molecule has 3 aromatic rings. The lowest BCUT2D eigenvalue weighted by molar-refractivity contribution is -0.118. The summed E-state index contributed by atoms with van der Waals surface area (Å²) in [5.41, 5.74) is 2.62.